The van der Waals surface area contributed by atoms with Gasteiger partial charge in [0.15, 0.2) is 0 Å². The predicted octanol–water partition coefficient (Wildman–Crippen LogP) is 3.74. The van der Waals surface area contributed by atoms with Crippen LogP contribution in [0.2, 0.25) is 0 Å². The molecule has 1 aliphatic rings. The average molecular weight is 263 g/mol. The Bertz CT molecular complexity index is 192. The van der Waals surface area contributed by atoms with Gasteiger partial charge in [-0.15, -0.1) is 0 Å². The summed E-state index contributed by atoms with van der Waals surface area (Å²) in [6.07, 6.45) is 3.97. The van der Waals surface area contributed by atoms with Gasteiger partial charge in [0, 0.05) is 5.33 Å². The Morgan fingerprint density at radius 3 is 1.79 bits per heavy atom. The van der Waals surface area contributed by atoms with Gasteiger partial charge in [-0.25, -0.2) is 0 Å². The Balaban J connectivity index is 2.80. The molecule has 1 aliphatic carbocycles. The molecule has 84 valence electrons. The first-order valence-electron chi connectivity index (χ1n) is 5.47. The van der Waals surface area contributed by atoms with Crippen molar-refractivity contribution < 1.29 is 5.11 Å². The van der Waals surface area contributed by atoms with Gasteiger partial charge in [-0.1, -0.05) is 43.6 Å². The van der Waals surface area contributed by atoms with E-state index in [1.54, 1.807) is 0 Å². The van der Waals surface area contributed by atoms with Gasteiger partial charge in [0.05, 0.1) is 5.60 Å². The van der Waals surface area contributed by atoms with E-state index >= 15 is 0 Å². The molecular weight excluding hydrogens is 240 g/mol. The molecule has 0 unspecified atom stereocenters. The monoisotopic (exact) mass is 262 g/mol. The maximum Gasteiger partial charge on any atom is 0.0666 e. The Kier molecular flexibility index (Phi) is 3.38. The number of hydrogen-bond donors (Lipinski definition) is 1. The second-order valence-electron chi connectivity index (χ2n) is 6.52. The van der Waals surface area contributed by atoms with Crippen LogP contribution in [-0.4, -0.2) is 16.0 Å². The molecule has 2 heteroatoms. The fraction of sp³-hybridized carbons (Fsp3) is 1.00. The fourth-order valence-corrected chi connectivity index (χ4v) is 4.36. The Hall–Kier alpha value is 0.440. The van der Waals surface area contributed by atoms with Gasteiger partial charge in [0.25, 0.3) is 0 Å². The van der Waals surface area contributed by atoms with Crippen molar-refractivity contribution in [3.8, 4) is 0 Å². The van der Waals surface area contributed by atoms with Gasteiger partial charge in [-0.2, -0.15) is 0 Å². The van der Waals surface area contributed by atoms with Crippen LogP contribution < -0.4 is 0 Å². The van der Waals surface area contributed by atoms with E-state index in [0.29, 0.717) is 0 Å². The first-order valence-corrected chi connectivity index (χ1v) is 6.59. The molecule has 14 heavy (non-hydrogen) atoms. The van der Waals surface area contributed by atoms with E-state index in [0.717, 1.165) is 24.6 Å². The van der Waals surface area contributed by atoms with Crippen molar-refractivity contribution in [1.29, 1.82) is 0 Å². The summed E-state index contributed by atoms with van der Waals surface area (Å²) in [7, 11) is 0. The molecule has 0 bridgehead atoms. The molecule has 1 nitrogen and oxygen atoms in total. The maximum atomic E-state index is 10.5. The highest BCUT2D eigenvalue weighted by Crippen LogP contribution is 2.51. The van der Waals surface area contributed by atoms with Crippen LogP contribution in [0.4, 0.5) is 0 Å². The van der Waals surface area contributed by atoms with E-state index < -0.39 is 5.60 Å². The SMILES string of the molecule is CC1(C)CC(C)(C)CC(O)(CCBr)C1. The van der Waals surface area contributed by atoms with Gasteiger partial charge in [-0.05, 0) is 36.5 Å². The number of hydrogen-bond acceptors (Lipinski definition) is 1. The van der Waals surface area contributed by atoms with E-state index in [4.69, 9.17) is 0 Å². The van der Waals surface area contributed by atoms with Crippen molar-refractivity contribution in [3.63, 3.8) is 0 Å². The molecule has 1 fully saturated rings. The fourth-order valence-electron chi connectivity index (χ4n) is 3.62. The Morgan fingerprint density at radius 2 is 1.43 bits per heavy atom. The molecule has 0 heterocycles. The highest BCUT2D eigenvalue weighted by Gasteiger charge is 2.45. The summed E-state index contributed by atoms with van der Waals surface area (Å²) in [6.45, 7) is 9.08. The summed E-state index contributed by atoms with van der Waals surface area (Å²) in [4.78, 5) is 0. The highest BCUT2D eigenvalue weighted by molar-refractivity contribution is 9.09. The maximum absolute atomic E-state index is 10.5. The van der Waals surface area contributed by atoms with Gasteiger partial charge in [0.2, 0.25) is 0 Å². The number of alkyl halides is 1. The van der Waals surface area contributed by atoms with Crippen LogP contribution in [0.1, 0.15) is 53.4 Å². The second kappa shape index (κ2) is 3.79. The number of halogens is 1. The van der Waals surface area contributed by atoms with Crippen LogP contribution in [0.5, 0.6) is 0 Å². The lowest BCUT2D eigenvalue weighted by Crippen LogP contribution is -2.46. The minimum absolute atomic E-state index is 0.276. The topological polar surface area (TPSA) is 20.2 Å². The van der Waals surface area contributed by atoms with Crippen LogP contribution in [0.3, 0.4) is 0 Å². The van der Waals surface area contributed by atoms with Gasteiger partial charge in [-0.3, -0.25) is 0 Å². The van der Waals surface area contributed by atoms with Crippen LogP contribution in [0.25, 0.3) is 0 Å². The molecule has 0 amide bonds. The van der Waals surface area contributed by atoms with Crippen molar-refractivity contribution in [3.05, 3.63) is 0 Å². The highest BCUT2D eigenvalue weighted by atomic mass is 79.9. The summed E-state index contributed by atoms with van der Waals surface area (Å²) < 4.78 is 0. The lowest BCUT2D eigenvalue weighted by atomic mass is 9.59. The van der Waals surface area contributed by atoms with E-state index in [1.165, 1.54) is 6.42 Å². The molecule has 1 saturated carbocycles. The van der Waals surface area contributed by atoms with E-state index in [1.807, 2.05) is 0 Å². The minimum atomic E-state index is -0.450. The Labute approximate surface area is 96.4 Å². The lowest BCUT2D eigenvalue weighted by Gasteiger charge is -2.49. The largest absolute Gasteiger partial charge is 0.390 e. The average Bonchev–Trinajstić information content (AvgIpc) is 1.75. The number of aliphatic hydroxyl groups is 1. The third-order valence-electron chi connectivity index (χ3n) is 3.13. The molecule has 0 aromatic heterocycles. The van der Waals surface area contributed by atoms with E-state index in [9.17, 15) is 5.11 Å². The first kappa shape index (κ1) is 12.5. The zero-order valence-electron chi connectivity index (χ0n) is 9.86. The van der Waals surface area contributed by atoms with Crippen molar-refractivity contribution in [2.24, 2.45) is 10.8 Å². The van der Waals surface area contributed by atoms with Crippen LogP contribution >= 0.6 is 15.9 Å². The molecular formula is C12H23BrO. The third-order valence-corrected chi connectivity index (χ3v) is 3.53. The molecule has 0 spiro atoms. The van der Waals surface area contributed by atoms with Crippen LogP contribution in [0, 0.1) is 10.8 Å². The van der Waals surface area contributed by atoms with Gasteiger partial charge in [0.1, 0.15) is 0 Å². The van der Waals surface area contributed by atoms with Crippen molar-refractivity contribution in [2.45, 2.75) is 59.0 Å². The van der Waals surface area contributed by atoms with Gasteiger partial charge >= 0.3 is 0 Å². The summed E-state index contributed by atoms with van der Waals surface area (Å²) in [5.41, 5.74) is 0.103. The van der Waals surface area contributed by atoms with Gasteiger partial charge < -0.3 is 5.11 Å². The van der Waals surface area contributed by atoms with E-state index in [-0.39, 0.29) is 10.8 Å². The Morgan fingerprint density at radius 1 is 1.00 bits per heavy atom. The van der Waals surface area contributed by atoms with Crippen molar-refractivity contribution in [2.75, 3.05) is 5.33 Å². The molecule has 0 radical (unpaired) electrons. The molecule has 0 aromatic carbocycles. The summed E-state index contributed by atoms with van der Waals surface area (Å²) in [5, 5.41) is 11.4. The summed E-state index contributed by atoms with van der Waals surface area (Å²) in [5.74, 6) is 0. The van der Waals surface area contributed by atoms with Crippen molar-refractivity contribution in [1.82, 2.24) is 0 Å². The summed E-state index contributed by atoms with van der Waals surface area (Å²) >= 11 is 3.44. The normalized spacial score (nSPS) is 28.7. The second-order valence-corrected chi connectivity index (χ2v) is 7.32. The smallest absolute Gasteiger partial charge is 0.0666 e. The first-order chi connectivity index (χ1) is 6.18. The van der Waals surface area contributed by atoms with E-state index in [2.05, 4.69) is 43.6 Å². The van der Waals surface area contributed by atoms with Crippen molar-refractivity contribution >= 4 is 15.9 Å². The molecule has 1 N–H and O–H groups in total. The standard InChI is InChI=1S/C12H23BrO/c1-10(2)7-11(3,4)9-12(14,8-10)5-6-13/h14H,5-9H2,1-4H3. The molecule has 0 aliphatic heterocycles. The molecule has 0 aromatic rings. The zero-order valence-corrected chi connectivity index (χ0v) is 11.4. The zero-order chi connectivity index (χ0) is 11.0. The van der Waals surface area contributed by atoms with Crippen LogP contribution in [0.15, 0.2) is 0 Å². The quantitative estimate of drug-likeness (QED) is 0.752. The predicted molar refractivity (Wildman–Crippen MR) is 64.8 cm³/mol. The summed E-state index contributed by atoms with van der Waals surface area (Å²) in [6, 6.07) is 0. The molecule has 0 atom stereocenters. The minimum Gasteiger partial charge on any atom is -0.390 e. The van der Waals surface area contributed by atoms with Crippen LogP contribution in [-0.2, 0) is 0 Å². The number of rotatable bonds is 2. The third kappa shape index (κ3) is 3.23. The molecule has 0 saturated heterocycles. The molecule has 1 rings (SSSR count). The lowest BCUT2D eigenvalue weighted by molar-refractivity contribution is -0.0867.